The fraction of sp³-hybridized carbons (Fsp3) is 0.467. The molecule has 6 nitrogen and oxygen atoms in total. The molecule has 114 valence electrons. The van der Waals surface area contributed by atoms with Crippen LogP contribution in [-0.2, 0) is 16.1 Å². The zero-order chi connectivity index (χ0) is 15.8. The van der Waals surface area contributed by atoms with E-state index in [1.807, 2.05) is 44.2 Å². The van der Waals surface area contributed by atoms with Crippen LogP contribution in [0.15, 0.2) is 35.5 Å². The summed E-state index contributed by atoms with van der Waals surface area (Å²) in [6, 6.07) is 8.33. The molecule has 1 aromatic carbocycles. The lowest BCUT2D eigenvalue weighted by atomic mass is 10.0. The average Bonchev–Trinajstić information content (AvgIpc) is 2.49. The van der Waals surface area contributed by atoms with E-state index in [4.69, 9.17) is 4.74 Å². The van der Waals surface area contributed by atoms with Gasteiger partial charge in [-0.2, -0.15) is 0 Å². The van der Waals surface area contributed by atoms with Crippen molar-refractivity contribution in [1.82, 2.24) is 4.90 Å². The van der Waals surface area contributed by atoms with Gasteiger partial charge in [-0.25, -0.2) is 4.79 Å². The molecule has 0 aliphatic carbocycles. The van der Waals surface area contributed by atoms with Gasteiger partial charge in [0.15, 0.2) is 0 Å². The van der Waals surface area contributed by atoms with Gasteiger partial charge in [-0.3, -0.25) is 9.69 Å². The highest BCUT2D eigenvalue weighted by Gasteiger charge is 2.29. The van der Waals surface area contributed by atoms with Gasteiger partial charge in [-0.1, -0.05) is 44.2 Å². The quantitative estimate of drug-likeness (QED) is 0.755. The maximum absolute atomic E-state index is 12.0. The second kappa shape index (κ2) is 8.14. The molecule has 2 amide bonds. The summed E-state index contributed by atoms with van der Waals surface area (Å²) in [6.07, 6.45) is -0.289. The predicted molar refractivity (Wildman–Crippen MR) is 78.4 cm³/mol. The number of carbonyl (C=O) groups excluding carboxylic acids is 2. The first kappa shape index (κ1) is 16.8. The van der Waals surface area contributed by atoms with Crippen LogP contribution in [0, 0.1) is 10.8 Å². The van der Waals surface area contributed by atoms with Gasteiger partial charge in [0.05, 0.1) is 0 Å². The SMILES string of the molecule is CC(C)C[C@H](C(=O)N=O)N(C)C(=O)OCc1ccccc1. The number of hydrogen-bond donors (Lipinski definition) is 0. The summed E-state index contributed by atoms with van der Waals surface area (Å²) >= 11 is 0. The van der Waals surface area contributed by atoms with Crippen molar-refractivity contribution in [1.29, 1.82) is 0 Å². The molecule has 1 rings (SSSR count). The highest BCUT2D eigenvalue weighted by molar-refractivity contribution is 5.86. The summed E-state index contributed by atoms with van der Waals surface area (Å²) in [5.41, 5.74) is 0.847. The Balaban J connectivity index is 2.65. The first-order valence-corrected chi connectivity index (χ1v) is 6.76. The Kier molecular flexibility index (Phi) is 6.52. The van der Waals surface area contributed by atoms with Gasteiger partial charge >= 0.3 is 12.0 Å². The lowest BCUT2D eigenvalue weighted by Crippen LogP contribution is -2.42. The Labute approximate surface area is 124 Å². The first-order chi connectivity index (χ1) is 9.95. The molecule has 6 heteroatoms. The van der Waals surface area contributed by atoms with Crippen molar-refractivity contribution >= 4 is 12.0 Å². The number of nitrogens with zero attached hydrogens (tertiary/aromatic N) is 2. The van der Waals surface area contributed by atoms with Gasteiger partial charge in [0.1, 0.15) is 12.6 Å². The summed E-state index contributed by atoms with van der Waals surface area (Å²) in [6.45, 7) is 3.91. The minimum absolute atomic E-state index is 0.112. The summed E-state index contributed by atoms with van der Waals surface area (Å²) in [5.74, 6) is -0.715. The maximum atomic E-state index is 12.0. The largest absolute Gasteiger partial charge is 0.445 e. The van der Waals surface area contributed by atoms with E-state index in [2.05, 4.69) is 5.18 Å². The zero-order valence-electron chi connectivity index (χ0n) is 12.5. The molecular weight excluding hydrogens is 272 g/mol. The number of rotatable bonds is 6. The van der Waals surface area contributed by atoms with Gasteiger partial charge in [0.25, 0.3) is 0 Å². The van der Waals surface area contributed by atoms with Crippen LogP contribution in [0.25, 0.3) is 0 Å². The predicted octanol–water partition coefficient (Wildman–Crippen LogP) is 2.96. The number of nitroso groups, excluding NO2 is 1. The van der Waals surface area contributed by atoms with Gasteiger partial charge in [0.2, 0.25) is 0 Å². The highest BCUT2D eigenvalue weighted by Crippen LogP contribution is 2.14. The molecule has 0 spiro atoms. The van der Waals surface area contributed by atoms with E-state index in [0.29, 0.717) is 6.42 Å². The third-order valence-electron chi connectivity index (χ3n) is 3.03. The molecule has 0 aromatic heterocycles. The summed E-state index contributed by atoms with van der Waals surface area (Å²) in [7, 11) is 1.43. The average molecular weight is 292 g/mol. The molecule has 0 unspecified atom stereocenters. The van der Waals surface area contributed by atoms with Crippen LogP contribution in [0.2, 0.25) is 0 Å². The van der Waals surface area contributed by atoms with E-state index in [-0.39, 0.29) is 12.5 Å². The van der Waals surface area contributed by atoms with Crippen molar-refractivity contribution in [2.75, 3.05) is 7.05 Å². The molecule has 0 saturated carbocycles. The number of ether oxygens (including phenoxy) is 1. The summed E-state index contributed by atoms with van der Waals surface area (Å²) in [5, 5.41) is 2.43. The normalized spacial score (nSPS) is 11.8. The standard InChI is InChI=1S/C15H20N2O4/c1-11(2)9-13(14(18)16-20)17(3)15(19)21-10-12-7-5-4-6-8-12/h4-8,11,13H,9-10H2,1-3H3/t13-/m1/s1. The number of likely N-dealkylation sites (N-methyl/N-ethyl adjacent to an activating group) is 1. The van der Waals surface area contributed by atoms with Crippen LogP contribution in [-0.4, -0.2) is 30.0 Å². The minimum atomic E-state index is -0.884. The van der Waals surface area contributed by atoms with E-state index >= 15 is 0 Å². The van der Waals surface area contributed by atoms with Crippen LogP contribution in [0.1, 0.15) is 25.8 Å². The van der Waals surface area contributed by atoms with Gasteiger partial charge < -0.3 is 4.74 Å². The molecule has 0 bridgehead atoms. The zero-order valence-corrected chi connectivity index (χ0v) is 12.5. The van der Waals surface area contributed by atoms with Crippen molar-refractivity contribution < 1.29 is 14.3 Å². The first-order valence-electron chi connectivity index (χ1n) is 6.76. The molecule has 0 radical (unpaired) electrons. The lowest BCUT2D eigenvalue weighted by molar-refractivity contribution is -0.122. The van der Waals surface area contributed by atoms with Gasteiger partial charge in [0, 0.05) is 12.2 Å². The topological polar surface area (TPSA) is 76.0 Å². The Morgan fingerprint density at radius 3 is 2.38 bits per heavy atom. The molecule has 0 saturated heterocycles. The molecule has 0 heterocycles. The molecule has 0 fully saturated rings. The summed E-state index contributed by atoms with van der Waals surface area (Å²) < 4.78 is 5.14. The van der Waals surface area contributed by atoms with Crippen LogP contribution in [0.3, 0.4) is 0 Å². The number of hydrogen-bond acceptors (Lipinski definition) is 4. The molecule has 0 aliphatic heterocycles. The number of carbonyl (C=O) groups is 2. The second-order valence-corrected chi connectivity index (χ2v) is 5.23. The Morgan fingerprint density at radius 1 is 1.24 bits per heavy atom. The second-order valence-electron chi connectivity index (χ2n) is 5.23. The van der Waals surface area contributed by atoms with Crippen molar-refractivity contribution in [2.24, 2.45) is 11.1 Å². The van der Waals surface area contributed by atoms with Crippen molar-refractivity contribution in [3.05, 3.63) is 40.8 Å². The molecule has 0 N–H and O–H groups in total. The van der Waals surface area contributed by atoms with Crippen molar-refractivity contribution in [3.8, 4) is 0 Å². The van der Waals surface area contributed by atoms with E-state index < -0.39 is 18.0 Å². The monoisotopic (exact) mass is 292 g/mol. The Hall–Kier alpha value is -2.24. The highest BCUT2D eigenvalue weighted by atomic mass is 16.6. The fourth-order valence-corrected chi connectivity index (χ4v) is 1.88. The fourth-order valence-electron chi connectivity index (χ4n) is 1.88. The maximum Gasteiger partial charge on any atom is 0.410 e. The van der Waals surface area contributed by atoms with Crippen LogP contribution in [0.5, 0.6) is 0 Å². The Bertz CT molecular complexity index is 488. The van der Waals surface area contributed by atoms with E-state index in [9.17, 15) is 14.5 Å². The molecule has 1 aromatic rings. The minimum Gasteiger partial charge on any atom is -0.445 e. The lowest BCUT2D eigenvalue weighted by Gasteiger charge is -2.25. The van der Waals surface area contributed by atoms with Crippen LogP contribution >= 0.6 is 0 Å². The molecule has 21 heavy (non-hydrogen) atoms. The van der Waals surface area contributed by atoms with E-state index in [1.165, 1.54) is 7.05 Å². The summed E-state index contributed by atoms with van der Waals surface area (Å²) in [4.78, 5) is 35.1. The molecular formula is C15H20N2O4. The molecule has 1 atom stereocenters. The number of amides is 2. The van der Waals surface area contributed by atoms with Crippen molar-refractivity contribution in [2.45, 2.75) is 32.9 Å². The van der Waals surface area contributed by atoms with Crippen LogP contribution < -0.4 is 0 Å². The third kappa shape index (κ3) is 5.33. The third-order valence-corrected chi connectivity index (χ3v) is 3.03. The van der Waals surface area contributed by atoms with Crippen molar-refractivity contribution in [3.63, 3.8) is 0 Å². The van der Waals surface area contributed by atoms with E-state index in [0.717, 1.165) is 10.5 Å². The Morgan fingerprint density at radius 2 is 1.86 bits per heavy atom. The number of benzene rings is 1. The van der Waals surface area contributed by atoms with E-state index in [1.54, 1.807) is 0 Å². The van der Waals surface area contributed by atoms with Gasteiger partial charge in [-0.15, -0.1) is 4.91 Å². The smallest absolute Gasteiger partial charge is 0.410 e. The molecule has 0 aliphatic rings. The van der Waals surface area contributed by atoms with Gasteiger partial charge in [-0.05, 0) is 17.9 Å². The van der Waals surface area contributed by atoms with Crippen LogP contribution in [0.4, 0.5) is 4.79 Å².